The SMILES string of the molecule is [C-]#[N+]CCOP(=S)(OC[C@H]1O[C@@H](n2cc(C)c(NC(=O)c3ccccc3)nc2=O)C[C@H]1O[Si](c1ccccc1)(c1ccccc1)C(C)(C)C)O[C@@H]1C[C@H](n2cc(C)c(NC(=O)c3ccccc3)nc2=O)O[C@@H]1COP(=S)(OCC[N+]#[C-])O[C@@H]1C[C@H](n2cnc3c(NC(=O)c4ccccc4)ncnc32)O[C@@H]1CO.[C-]#[N+]CCOP(O[C@@H]1C[C@H](n2cc(C)c(=O)[nH]c2=O)O[C@@H]1CC)N(C(C)C)C(C)C. The zero-order valence-corrected chi connectivity index (χ0v) is 82.7. The van der Waals surface area contributed by atoms with Gasteiger partial charge in [-0.25, -0.2) is 53.7 Å². The number of amides is 3. The van der Waals surface area contributed by atoms with E-state index in [-0.39, 0.29) is 112 Å². The number of aromatic amines is 1. The summed E-state index contributed by atoms with van der Waals surface area (Å²) in [5, 5.41) is 20.5. The summed E-state index contributed by atoms with van der Waals surface area (Å²) in [7, 11) is -4.85. The van der Waals surface area contributed by atoms with Crippen LogP contribution in [-0.4, -0.2) is 204 Å². The van der Waals surface area contributed by atoms with Crippen LogP contribution in [0.4, 0.5) is 17.5 Å². The van der Waals surface area contributed by atoms with Crippen molar-refractivity contribution < 1.29 is 79.1 Å². The molecule has 14 rings (SSSR count). The third-order valence-electron chi connectivity index (χ3n) is 23.0. The van der Waals surface area contributed by atoms with Crippen LogP contribution in [0.2, 0.25) is 5.04 Å². The second-order valence-corrected chi connectivity index (χ2v) is 45.7. The van der Waals surface area contributed by atoms with Gasteiger partial charge in [-0.1, -0.05) is 143 Å². The van der Waals surface area contributed by atoms with Gasteiger partial charge in [-0.2, -0.15) is 9.97 Å². The monoisotopic (exact) mass is 1990 g/mol. The number of nitrogens with one attached hydrogen (secondary N) is 4. The van der Waals surface area contributed by atoms with Crippen molar-refractivity contribution in [2.45, 2.75) is 199 Å². The molecule has 10 aromatic rings. The molecule has 0 saturated carbocycles. The fourth-order valence-corrected chi connectivity index (χ4v) is 27.1. The summed E-state index contributed by atoms with van der Waals surface area (Å²) in [5.74, 6) is -1.19. The van der Waals surface area contributed by atoms with Crippen molar-refractivity contribution in [3.8, 4) is 0 Å². The average molecular weight is 1990 g/mol. The molecule has 0 spiro atoms. The molecule has 5 N–H and O–H groups in total. The van der Waals surface area contributed by atoms with Crippen molar-refractivity contribution in [1.82, 2.24) is 52.8 Å². The van der Waals surface area contributed by atoms with Crippen LogP contribution in [0, 0.1) is 40.5 Å². The van der Waals surface area contributed by atoms with E-state index in [0.29, 0.717) is 52.8 Å². The van der Waals surface area contributed by atoms with E-state index in [4.69, 9.17) is 103 Å². The average Bonchev–Trinajstić information content (AvgIpc) is 1.70. The van der Waals surface area contributed by atoms with Crippen LogP contribution in [0.3, 0.4) is 0 Å². The molecular weight excluding hydrogens is 1880 g/mol. The Kier molecular flexibility index (Phi) is 35.8. The molecule has 3 amide bonds. The number of aliphatic hydroxyl groups excluding tert-OH is 1. The highest BCUT2D eigenvalue weighted by molar-refractivity contribution is 8.07. The Morgan fingerprint density at radius 3 is 1.42 bits per heavy atom. The van der Waals surface area contributed by atoms with Gasteiger partial charge in [0.25, 0.3) is 40.1 Å². The molecule has 0 radical (unpaired) electrons. The molecule has 0 bridgehead atoms. The molecule has 724 valence electrons. The zero-order valence-electron chi connectivity index (χ0n) is 77.4. The molecule has 9 heterocycles. The molecule has 5 aromatic heterocycles. The second-order valence-electron chi connectivity index (χ2n) is 34.1. The van der Waals surface area contributed by atoms with E-state index < -0.39 is 150 Å². The van der Waals surface area contributed by atoms with Crippen molar-refractivity contribution in [3.63, 3.8) is 0 Å². The lowest BCUT2D eigenvalue weighted by Crippen LogP contribution is -2.68. The number of H-pyrrole nitrogens is 1. The standard InChI is InChI=1S/C73H77N13O16P2S2Si.C20H33N4O5P/c1-47-40-84(71(91)82-64(47)79-68(88)49-23-13-8-14-24-49)60-38-55(58(98-60)43-95-103(105,93-35-33-74-6)100-54-37-62(97-57(54)42-87)86-46-78-63-66(76-45-77-67(63)86)81-70(90)51-27-17-10-18-28-51)101-104(106,94-36-34-75-7)96-44-59-56(102-107(73(3,4)5,52-29-19-11-20-30-52)53-31-21-12-22-32-53)39-61(99-59)85-41-48(2)65(83-72(85)92)80-69(89)50-25-15-9-16-26-50;1-8-16-17(11-18(28-16)23-12-15(6)19(25)22-20(23)26)29-30(27-10-9-21-7)24(13(2)3)14(4)5/h8-32,40-41,45-46,54-62,87H,33-39,42-44H2,1-5H3,(H,76,77,81,90)(H,79,82,88,91)(H,80,83,89,92);12-14,16-18H,8-11H2,1-6H3,(H,22,25,26)/t54-,55-,56-,57-,58-,59-,60-,61-,62-,103?,104?;16-,17-,18-,30?/m11/s1. The van der Waals surface area contributed by atoms with Gasteiger partial charge in [0.05, 0.1) is 56.7 Å². The summed E-state index contributed by atoms with van der Waals surface area (Å²) in [6.45, 7) is 34.2. The van der Waals surface area contributed by atoms with Gasteiger partial charge in [0.15, 0.2) is 17.0 Å². The summed E-state index contributed by atoms with van der Waals surface area (Å²) >= 11 is 12.6. The van der Waals surface area contributed by atoms with Gasteiger partial charge < -0.3 is 95.2 Å². The van der Waals surface area contributed by atoms with Crippen LogP contribution in [0.25, 0.3) is 25.7 Å². The van der Waals surface area contributed by atoms with E-state index in [1.165, 1.54) is 38.7 Å². The number of imidazole rings is 1. The normalized spacial score (nSPS) is 21.5. The van der Waals surface area contributed by atoms with E-state index in [0.717, 1.165) is 10.4 Å². The van der Waals surface area contributed by atoms with Crippen LogP contribution < -0.4 is 49.0 Å². The highest BCUT2D eigenvalue weighted by Gasteiger charge is 2.55. The highest BCUT2D eigenvalue weighted by atomic mass is 32.5. The first-order chi connectivity index (χ1) is 65.8. The fourth-order valence-electron chi connectivity index (χ4n) is 16.4. The van der Waals surface area contributed by atoms with Gasteiger partial charge >= 0.3 is 30.5 Å². The molecule has 4 aliphatic heterocycles. The molecule has 137 heavy (non-hydrogen) atoms. The molecule has 4 saturated heterocycles. The predicted molar refractivity (Wildman–Crippen MR) is 521 cm³/mol. The topological polar surface area (TPSA) is 412 Å². The number of hydrogen-bond donors (Lipinski definition) is 5. The number of fused-ring (bicyclic) bond motifs is 1. The number of carbonyl (C=O) groups excluding carboxylic acids is 3. The summed E-state index contributed by atoms with van der Waals surface area (Å²) in [6.07, 6.45) is -2.09. The third-order valence-corrected chi connectivity index (χ3v) is 35.0. The zero-order chi connectivity index (χ0) is 97.9. The van der Waals surface area contributed by atoms with Gasteiger partial charge in [0.2, 0.25) is 19.6 Å². The predicted octanol–water partition coefficient (Wildman–Crippen LogP) is 12.8. The second kappa shape index (κ2) is 47.3. The van der Waals surface area contributed by atoms with Gasteiger partial charge in [-0.15, -0.1) is 0 Å². The Hall–Kier alpha value is -10.7. The maximum atomic E-state index is 14.4. The number of carbonyl (C=O) groups is 3. The van der Waals surface area contributed by atoms with E-state index in [9.17, 15) is 38.7 Å². The number of aliphatic hydroxyl groups is 1. The van der Waals surface area contributed by atoms with Gasteiger partial charge in [0.1, 0.15) is 81.0 Å². The van der Waals surface area contributed by atoms with Crippen molar-refractivity contribution >= 4 is 111 Å². The van der Waals surface area contributed by atoms with Crippen LogP contribution in [0.1, 0.15) is 160 Å². The minimum Gasteiger partial charge on any atom is -0.402 e. The number of anilines is 3. The molecule has 4 aliphatic rings. The minimum atomic E-state index is -4.19. The number of aromatic nitrogens is 10. The highest BCUT2D eigenvalue weighted by Crippen LogP contribution is 2.58. The van der Waals surface area contributed by atoms with Crippen molar-refractivity contribution in [3.05, 3.63) is 292 Å². The summed E-state index contributed by atoms with van der Waals surface area (Å²) in [5.41, 5.74) is 0.481. The molecule has 4 fully saturated rings. The molecule has 3 unspecified atom stereocenters. The lowest BCUT2D eigenvalue weighted by Gasteiger charge is -2.45. The number of ether oxygens (including phenoxy) is 4. The fraction of sp³-hybridized carbons (Fsp3) is 0.430. The Morgan fingerprint density at radius 2 is 0.956 bits per heavy atom. The lowest BCUT2D eigenvalue weighted by molar-refractivity contribution is -0.0569. The largest absolute Gasteiger partial charge is 0.402 e. The number of nitrogens with zero attached hydrogens (tertiary/aromatic N) is 13. The Balaban J connectivity index is 0.000000449. The molecule has 15 atom stereocenters. The van der Waals surface area contributed by atoms with Crippen molar-refractivity contribution in [2.75, 3.05) is 75.2 Å². The number of hydrogen-bond acceptors (Lipinski definition) is 29. The summed E-state index contributed by atoms with van der Waals surface area (Å²) < 4.78 is 93.8. The van der Waals surface area contributed by atoms with Crippen LogP contribution >= 0.6 is 22.0 Å². The third kappa shape index (κ3) is 25.5. The maximum Gasteiger partial charge on any atom is 0.351 e. The minimum absolute atomic E-state index is 0.00240. The quantitative estimate of drug-likeness (QED) is 0.0103. The molecule has 38 nitrogen and oxygen atoms in total. The number of benzene rings is 5. The first kappa shape index (κ1) is 104. The van der Waals surface area contributed by atoms with Crippen LogP contribution in [0.5, 0.6) is 0 Å². The van der Waals surface area contributed by atoms with E-state index in [1.54, 1.807) is 123 Å². The number of rotatable bonds is 40. The van der Waals surface area contributed by atoms with Crippen LogP contribution in [-0.2, 0) is 83.2 Å². The van der Waals surface area contributed by atoms with Crippen molar-refractivity contribution in [2.24, 2.45) is 0 Å². The van der Waals surface area contributed by atoms with Crippen molar-refractivity contribution in [1.29, 1.82) is 0 Å². The number of aryl methyl sites for hydroxylation is 3. The molecule has 0 aliphatic carbocycles. The van der Waals surface area contributed by atoms with Crippen LogP contribution in [0.15, 0.2) is 202 Å². The molecule has 44 heteroatoms. The maximum absolute atomic E-state index is 14.4. The molecular formula is C93H110N17O21P3S2Si. The Bertz CT molecular complexity index is 6290. The Morgan fingerprint density at radius 1 is 0.547 bits per heavy atom. The smallest absolute Gasteiger partial charge is 0.351 e. The Labute approximate surface area is 804 Å². The summed E-state index contributed by atoms with van der Waals surface area (Å²) in [4.78, 5) is 127. The van der Waals surface area contributed by atoms with E-state index in [1.807, 2.05) is 67.6 Å². The van der Waals surface area contributed by atoms with Gasteiger partial charge in [0, 0.05) is 89.7 Å². The van der Waals surface area contributed by atoms with E-state index in [2.05, 4.69) is 114 Å². The molecule has 5 aromatic carbocycles. The first-order valence-corrected chi connectivity index (χ1v) is 52.8. The lowest BCUT2D eigenvalue weighted by atomic mass is 10.1. The van der Waals surface area contributed by atoms with E-state index >= 15 is 0 Å². The van der Waals surface area contributed by atoms with Gasteiger partial charge in [-0.05, 0) is 130 Å². The summed E-state index contributed by atoms with van der Waals surface area (Å²) in [6, 6.07) is 45.8. The first-order valence-electron chi connectivity index (χ1n) is 44.6. The van der Waals surface area contributed by atoms with Gasteiger partial charge in [-0.3, -0.25) is 42.4 Å².